The quantitative estimate of drug-likeness (QED) is 0.372. The third-order valence-corrected chi connectivity index (χ3v) is 4.93. The number of fused-ring (bicyclic) bond motifs is 7. The van der Waals surface area contributed by atoms with Gasteiger partial charge in [-0.2, -0.15) is 0 Å². The number of nitrogens with zero attached hydrogens (tertiary/aromatic N) is 2. The van der Waals surface area contributed by atoms with Gasteiger partial charge in [-0.1, -0.05) is 60.7 Å². The molecule has 1 aliphatic carbocycles. The zero-order valence-electron chi connectivity index (χ0n) is 12.3. The van der Waals surface area contributed by atoms with E-state index in [1.807, 2.05) is 0 Å². The summed E-state index contributed by atoms with van der Waals surface area (Å²) in [5, 5.41) is 5.05. The Balaban J connectivity index is 1.86. The summed E-state index contributed by atoms with van der Waals surface area (Å²) in [7, 11) is 0. The predicted octanol–water partition coefficient (Wildman–Crippen LogP) is 5.29. The lowest BCUT2D eigenvalue weighted by Gasteiger charge is -2.05. The van der Waals surface area contributed by atoms with Crippen molar-refractivity contribution in [1.82, 2.24) is 9.38 Å². The van der Waals surface area contributed by atoms with Crippen molar-refractivity contribution in [3.63, 3.8) is 0 Å². The number of rotatable bonds is 0. The molecule has 0 unspecified atom stereocenters. The van der Waals surface area contributed by atoms with Gasteiger partial charge in [0.15, 0.2) is 0 Å². The maximum atomic E-state index is 5.02. The van der Waals surface area contributed by atoms with Gasteiger partial charge in [-0.15, -0.1) is 0 Å². The van der Waals surface area contributed by atoms with Gasteiger partial charge in [0, 0.05) is 28.1 Å². The van der Waals surface area contributed by atoms with Crippen LogP contribution in [0.5, 0.6) is 0 Å². The van der Waals surface area contributed by atoms with E-state index in [1.54, 1.807) is 0 Å². The standard InChI is InChI=1S/C21H12N2/c1-2-8-15-13(5-1)11-12-23-20-17-10-4-7-14-6-3-9-16(18(14)17)19(20)22-21(15)23/h1-12H. The summed E-state index contributed by atoms with van der Waals surface area (Å²) >= 11 is 0. The van der Waals surface area contributed by atoms with Crippen LogP contribution in [0.25, 0.3) is 49.7 Å². The van der Waals surface area contributed by atoms with Crippen LogP contribution in [0, 0.1) is 0 Å². The Morgan fingerprint density at radius 3 is 2.39 bits per heavy atom. The smallest absolute Gasteiger partial charge is 0.145 e. The normalized spacial score (nSPS) is 12.3. The number of imidazole rings is 1. The maximum Gasteiger partial charge on any atom is 0.145 e. The first-order valence-electron chi connectivity index (χ1n) is 7.84. The van der Waals surface area contributed by atoms with E-state index in [-0.39, 0.29) is 0 Å². The summed E-state index contributed by atoms with van der Waals surface area (Å²) < 4.78 is 2.24. The van der Waals surface area contributed by atoms with Crippen LogP contribution in [0.3, 0.4) is 0 Å². The molecule has 0 fully saturated rings. The van der Waals surface area contributed by atoms with Crippen LogP contribution in [-0.4, -0.2) is 9.38 Å². The van der Waals surface area contributed by atoms with Crippen molar-refractivity contribution in [3.05, 3.63) is 72.9 Å². The van der Waals surface area contributed by atoms with Gasteiger partial charge in [0.1, 0.15) is 5.65 Å². The Bertz CT molecular complexity index is 1260. The first kappa shape index (κ1) is 11.4. The Labute approximate surface area is 132 Å². The molecule has 0 aliphatic heterocycles. The SMILES string of the molecule is c1cc2c3c(cccc3c1)-c1c-2nc2c3ccccc3ccn12. The summed E-state index contributed by atoms with van der Waals surface area (Å²) in [5.41, 5.74) is 5.90. The maximum absolute atomic E-state index is 5.02. The molecule has 2 heteroatoms. The van der Waals surface area contributed by atoms with E-state index in [9.17, 15) is 0 Å². The average Bonchev–Trinajstić information content (AvgIpc) is 3.13. The van der Waals surface area contributed by atoms with Crippen LogP contribution in [0.4, 0.5) is 0 Å². The molecule has 2 nitrogen and oxygen atoms in total. The highest BCUT2D eigenvalue weighted by Gasteiger charge is 2.26. The lowest BCUT2D eigenvalue weighted by Crippen LogP contribution is -1.88. The Morgan fingerprint density at radius 1 is 0.696 bits per heavy atom. The summed E-state index contributed by atoms with van der Waals surface area (Å²) in [6.45, 7) is 0. The van der Waals surface area contributed by atoms with E-state index < -0.39 is 0 Å². The van der Waals surface area contributed by atoms with Crippen LogP contribution in [-0.2, 0) is 0 Å². The van der Waals surface area contributed by atoms with Gasteiger partial charge < -0.3 is 0 Å². The summed E-state index contributed by atoms with van der Waals surface area (Å²) in [5.74, 6) is 0. The summed E-state index contributed by atoms with van der Waals surface area (Å²) in [6.07, 6.45) is 2.15. The van der Waals surface area contributed by atoms with Gasteiger partial charge in [-0.25, -0.2) is 4.98 Å². The molecule has 3 aromatic carbocycles. The molecule has 0 radical (unpaired) electrons. The molecule has 1 aliphatic rings. The second-order valence-corrected chi connectivity index (χ2v) is 6.11. The van der Waals surface area contributed by atoms with E-state index in [0.29, 0.717) is 0 Å². The average molecular weight is 292 g/mol. The molecule has 2 heterocycles. The van der Waals surface area contributed by atoms with E-state index in [1.165, 1.54) is 38.4 Å². The molecule has 0 saturated carbocycles. The first-order chi connectivity index (χ1) is 11.4. The third kappa shape index (κ3) is 1.28. The van der Waals surface area contributed by atoms with Gasteiger partial charge in [0.2, 0.25) is 0 Å². The van der Waals surface area contributed by atoms with Crippen molar-refractivity contribution in [2.75, 3.05) is 0 Å². The Morgan fingerprint density at radius 2 is 1.48 bits per heavy atom. The molecule has 0 atom stereocenters. The van der Waals surface area contributed by atoms with Gasteiger partial charge in [-0.05, 0) is 16.8 Å². The lowest BCUT2D eigenvalue weighted by molar-refractivity contribution is 1.21. The number of pyridine rings is 1. The largest absolute Gasteiger partial charge is 0.298 e. The van der Waals surface area contributed by atoms with E-state index in [4.69, 9.17) is 4.98 Å². The molecule has 0 saturated heterocycles. The fourth-order valence-electron chi connectivity index (χ4n) is 3.95. The van der Waals surface area contributed by atoms with E-state index >= 15 is 0 Å². The van der Waals surface area contributed by atoms with Crippen molar-refractivity contribution in [2.24, 2.45) is 0 Å². The molecule has 106 valence electrons. The highest BCUT2D eigenvalue weighted by atomic mass is 15.0. The molecule has 0 bridgehead atoms. The molecule has 5 aromatic rings. The first-order valence-corrected chi connectivity index (χ1v) is 7.84. The van der Waals surface area contributed by atoms with Crippen LogP contribution in [0.1, 0.15) is 0 Å². The zero-order valence-corrected chi connectivity index (χ0v) is 12.3. The van der Waals surface area contributed by atoms with Gasteiger partial charge in [0.05, 0.1) is 11.4 Å². The van der Waals surface area contributed by atoms with Crippen molar-refractivity contribution in [3.8, 4) is 22.5 Å². The molecule has 23 heavy (non-hydrogen) atoms. The van der Waals surface area contributed by atoms with Crippen LogP contribution < -0.4 is 0 Å². The van der Waals surface area contributed by atoms with Crippen LogP contribution in [0.15, 0.2) is 72.9 Å². The minimum absolute atomic E-state index is 1.04. The van der Waals surface area contributed by atoms with Gasteiger partial charge >= 0.3 is 0 Å². The van der Waals surface area contributed by atoms with Crippen LogP contribution >= 0.6 is 0 Å². The molecule has 0 spiro atoms. The lowest BCUT2D eigenvalue weighted by atomic mass is 10.0. The third-order valence-electron chi connectivity index (χ3n) is 4.93. The second kappa shape index (κ2) is 3.79. The number of benzene rings is 3. The summed E-state index contributed by atoms with van der Waals surface area (Å²) in [6, 6.07) is 23.6. The van der Waals surface area contributed by atoms with Crippen molar-refractivity contribution in [1.29, 1.82) is 0 Å². The summed E-state index contributed by atoms with van der Waals surface area (Å²) in [4.78, 5) is 5.02. The monoisotopic (exact) mass is 292 g/mol. The molecular formula is C21H12N2. The van der Waals surface area contributed by atoms with E-state index in [2.05, 4.69) is 77.3 Å². The van der Waals surface area contributed by atoms with E-state index in [0.717, 1.165) is 11.3 Å². The molecule has 2 aromatic heterocycles. The fraction of sp³-hybridized carbons (Fsp3) is 0. The van der Waals surface area contributed by atoms with Gasteiger partial charge in [0.25, 0.3) is 0 Å². The molecule has 0 N–H and O–H groups in total. The zero-order chi connectivity index (χ0) is 15.0. The number of aromatic nitrogens is 2. The predicted molar refractivity (Wildman–Crippen MR) is 94.6 cm³/mol. The fourth-order valence-corrected chi connectivity index (χ4v) is 3.95. The van der Waals surface area contributed by atoms with Crippen molar-refractivity contribution >= 4 is 27.2 Å². The molecule has 6 rings (SSSR count). The minimum Gasteiger partial charge on any atom is -0.298 e. The number of hydrogen-bond acceptors (Lipinski definition) is 1. The Hall–Kier alpha value is -3.13. The van der Waals surface area contributed by atoms with Crippen molar-refractivity contribution < 1.29 is 0 Å². The van der Waals surface area contributed by atoms with Crippen LogP contribution in [0.2, 0.25) is 0 Å². The Kier molecular flexibility index (Phi) is 1.89. The van der Waals surface area contributed by atoms with Gasteiger partial charge in [-0.3, -0.25) is 4.40 Å². The highest BCUT2D eigenvalue weighted by molar-refractivity contribution is 6.15. The molecular weight excluding hydrogens is 280 g/mol. The second-order valence-electron chi connectivity index (χ2n) is 6.11. The number of hydrogen-bond donors (Lipinski definition) is 0. The topological polar surface area (TPSA) is 17.3 Å². The molecule has 0 amide bonds. The highest BCUT2D eigenvalue weighted by Crippen LogP contribution is 2.47. The van der Waals surface area contributed by atoms with Crippen molar-refractivity contribution in [2.45, 2.75) is 0 Å². The minimum atomic E-state index is 1.04.